The van der Waals surface area contributed by atoms with Gasteiger partial charge in [-0.3, -0.25) is 4.79 Å². The van der Waals surface area contributed by atoms with Crippen molar-refractivity contribution in [1.82, 2.24) is 5.32 Å². The summed E-state index contributed by atoms with van der Waals surface area (Å²) in [5, 5.41) is 75.6. The second-order valence-corrected chi connectivity index (χ2v) is 16.5. The Kier molecular flexibility index (Phi) is 35.8. The lowest BCUT2D eigenvalue weighted by atomic mass is 9.98. The first-order valence-corrected chi connectivity index (χ1v) is 23.7. The van der Waals surface area contributed by atoms with Crippen LogP contribution in [-0.2, 0) is 14.3 Å². The molecule has 1 amide bonds. The molecular formula is C49H87NO10. The van der Waals surface area contributed by atoms with E-state index in [0.717, 1.165) is 64.2 Å². The van der Waals surface area contributed by atoms with Gasteiger partial charge in [-0.05, 0) is 89.9 Å². The van der Waals surface area contributed by atoms with Gasteiger partial charge in [-0.25, -0.2) is 0 Å². The molecule has 1 fully saturated rings. The van der Waals surface area contributed by atoms with E-state index in [1.165, 1.54) is 64.2 Å². The van der Waals surface area contributed by atoms with E-state index in [9.17, 15) is 40.5 Å². The number of hydrogen-bond donors (Lipinski definition) is 8. The minimum absolute atomic E-state index is 0.228. The van der Waals surface area contributed by atoms with Gasteiger partial charge in [0.1, 0.15) is 36.6 Å². The first kappa shape index (κ1) is 55.8. The minimum Gasteiger partial charge on any atom is -0.394 e. The molecule has 348 valence electrons. The zero-order valence-corrected chi connectivity index (χ0v) is 37.4. The fraction of sp³-hybridized carbons (Fsp3) is 0.776. The summed E-state index contributed by atoms with van der Waals surface area (Å²) in [6, 6.07) is -1.20. The summed E-state index contributed by atoms with van der Waals surface area (Å²) in [7, 11) is 0. The first-order valence-electron chi connectivity index (χ1n) is 23.7. The Morgan fingerprint density at radius 3 is 1.62 bits per heavy atom. The van der Waals surface area contributed by atoms with Crippen molar-refractivity contribution in [2.45, 2.75) is 229 Å². The molecule has 1 rings (SSSR count). The van der Waals surface area contributed by atoms with Crippen molar-refractivity contribution in [3.05, 3.63) is 60.8 Å². The summed E-state index contributed by atoms with van der Waals surface area (Å²) < 4.78 is 11.1. The number of hydrogen-bond acceptors (Lipinski definition) is 10. The second kappa shape index (κ2) is 38.5. The summed E-state index contributed by atoms with van der Waals surface area (Å²) in [6.45, 7) is 3.35. The summed E-state index contributed by atoms with van der Waals surface area (Å²) in [6.07, 6.45) is 35.5. The average Bonchev–Trinajstić information content (AvgIpc) is 3.25. The predicted molar refractivity (Wildman–Crippen MR) is 242 cm³/mol. The molecule has 8 N–H and O–H groups in total. The average molecular weight is 850 g/mol. The largest absolute Gasteiger partial charge is 0.394 e. The summed E-state index contributed by atoms with van der Waals surface area (Å²) in [4.78, 5) is 13.1. The lowest BCUT2D eigenvalue weighted by Gasteiger charge is -2.40. The fourth-order valence-corrected chi connectivity index (χ4v) is 7.05. The first-order chi connectivity index (χ1) is 29.2. The Labute approximate surface area is 363 Å². The van der Waals surface area contributed by atoms with Crippen molar-refractivity contribution in [2.75, 3.05) is 13.2 Å². The van der Waals surface area contributed by atoms with Gasteiger partial charge in [0.15, 0.2) is 6.29 Å². The third kappa shape index (κ3) is 27.7. The normalized spacial score (nSPS) is 22.2. The van der Waals surface area contributed by atoms with Gasteiger partial charge in [0.2, 0.25) is 5.91 Å². The van der Waals surface area contributed by atoms with Crippen LogP contribution < -0.4 is 5.32 Å². The molecule has 1 aliphatic heterocycles. The highest BCUT2D eigenvalue weighted by Gasteiger charge is 2.44. The topological polar surface area (TPSA) is 189 Å². The molecule has 0 bridgehead atoms. The number of aliphatic hydroxyl groups excluding tert-OH is 7. The highest BCUT2D eigenvalue weighted by molar-refractivity contribution is 5.80. The summed E-state index contributed by atoms with van der Waals surface area (Å²) in [5.41, 5.74) is 0. The van der Waals surface area contributed by atoms with Gasteiger partial charge in [0.25, 0.3) is 0 Å². The molecule has 0 radical (unpaired) electrons. The van der Waals surface area contributed by atoms with Crippen LogP contribution in [0.5, 0.6) is 0 Å². The van der Waals surface area contributed by atoms with Crippen molar-refractivity contribution in [1.29, 1.82) is 0 Å². The van der Waals surface area contributed by atoms with E-state index in [1.807, 2.05) is 0 Å². The SMILES string of the molecule is CCCCC/C=C\C=C/CCCCCCCC(O)C(=O)NC(COC1OC(CO)C(O)C(O)C1O)C(O)C(O)CCC/C=C/CC/C=C/CC/C=C/CCCCCCCC. The zero-order chi connectivity index (χ0) is 44.1. The van der Waals surface area contributed by atoms with E-state index < -0.39 is 74.2 Å². The third-order valence-electron chi connectivity index (χ3n) is 11.0. The number of unbranched alkanes of at least 4 members (excludes halogenated alkanes) is 17. The molecule has 9 atom stereocenters. The van der Waals surface area contributed by atoms with E-state index in [-0.39, 0.29) is 12.8 Å². The van der Waals surface area contributed by atoms with E-state index in [4.69, 9.17) is 9.47 Å². The molecule has 0 saturated carbocycles. The van der Waals surface area contributed by atoms with Gasteiger partial charge >= 0.3 is 0 Å². The molecule has 1 saturated heterocycles. The zero-order valence-electron chi connectivity index (χ0n) is 37.4. The van der Waals surface area contributed by atoms with Crippen LogP contribution in [0.4, 0.5) is 0 Å². The molecule has 60 heavy (non-hydrogen) atoms. The van der Waals surface area contributed by atoms with Gasteiger partial charge in [-0.2, -0.15) is 0 Å². The van der Waals surface area contributed by atoms with Gasteiger partial charge in [0, 0.05) is 0 Å². The number of carbonyl (C=O) groups is 1. The van der Waals surface area contributed by atoms with Gasteiger partial charge in [0.05, 0.1) is 25.4 Å². The van der Waals surface area contributed by atoms with Crippen molar-refractivity contribution < 1.29 is 50.0 Å². The standard InChI is InChI=1S/C49H87NO10/c1-3-5-7-9-11-13-15-17-19-20-21-22-23-25-26-28-30-32-34-36-41(52)44(54)40(39-59-49-47(57)46(56)45(55)43(38-51)60-49)50-48(58)42(53)37-35-33-31-29-27-24-18-16-14-12-10-8-6-4-2/h12,14,16-19,22-23,28,30,40-47,49,51-57H,3-11,13,15,20-21,24-27,29,31-39H2,1-2H3,(H,50,58)/b14-12-,18-16-,19-17+,23-22+,30-28+. The van der Waals surface area contributed by atoms with Gasteiger partial charge < -0.3 is 50.5 Å². The van der Waals surface area contributed by atoms with Gasteiger partial charge in [-0.15, -0.1) is 0 Å². The van der Waals surface area contributed by atoms with E-state index in [2.05, 4.69) is 79.9 Å². The number of nitrogens with one attached hydrogen (secondary N) is 1. The molecule has 0 aromatic heterocycles. The molecule has 9 unspecified atom stereocenters. The van der Waals surface area contributed by atoms with Crippen LogP contribution in [0.2, 0.25) is 0 Å². The van der Waals surface area contributed by atoms with Crippen LogP contribution >= 0.6 is 0 Å². The van der Waals surface area contributed by atoms with Crippen LogP contribution in [0.1, 0.15) is 174 Å². The molecule has 0 aromatic carbocycles. The van der Waals surface area contributed by atoms with Crippen molar-refractivity contribution in [2.24, 2.45) is 0 Å². The van der Waals surface area contributed by atoms with E-state index in [1.54, 1.807) is 0 Å². The maximum absolute atomic E-state index is 13.1. The third-order valence-corrected chi connectivity index (χ3v) is 11.0. The number of carbonyl (C=O) groups excluding carboxylic acids is 1. The van der Waals surface area contributed by atoms with Crippen LogP contribution in [-0.4, -0.2) is 110 Å². The Morgan fingerprint density at radius 1 is 0.583 bits per heavy atom. The molecule has 1 aliphatic rings. The molecule has 11 nitrogen and oxygen atoms in total. The van der Waals surface area contributed by atoms with E-state index in [0.29, 0.717) is 19.3 Å². The van der Waals surface area contributed by atoms with Crippen LogP contribution in [0.3, 0.4) is 0 Å². The van der Waals surface area contributed by atoms with Gasteiger partial charge in [-0.1, -0.05) is 145 Å². The van der Waals surface area contributed by atoms with Crippen LogP contribution in [0, 0.1) is 0 Å². The minimum atomic E-state index is -1.68. The number of ether oxygens (including phenoxy) is 2. The Bertz CT molecular complexity index is 1160. The van der Waals surface area contributed by atoms with Crippen molar-refractivity contribution in [3.8, 4) is 0 Å². The maximum Gasteiger partial charge on any atom is 0.249 e. The Balaban J connectivity index is 2.51. The fourth-order valence-electron chi connectivity index (χ4n) is 7.05. The highest BCUT2D eigenvalue weighted by atomic mass is 16.7. The van der Waals surface area contributed by atoms with Crippen molar-refractivity contribution >= 4 is 5.91 Å². The summed E-state index contributed by atoms with van der Waals surface area (Å²) >= 11 is 0. The van der Waals surface area contributed by atoms with Crippen molar-refractivity contribution in [3.63, 3.8) is 0 Å². The lowest BCUT2D eigenvalue weighted by molar-refractivity contribution is -0.303. The second-order valence-electron chi connectivity index (χ2n) is 16.5. The van der Waals surface area contributed by atoms with Crippen LogP contribution in [0.25, 0.3) is 0 Å². The predicted octanol–water partition coefficient (Wildman–Crippen LogP) is 7.94. The Hall–Kier alpha value is -2.19. The quantitative estimate of drug-likeness (QED) is 0.0172. The smallest absolute Gasteiger partial charge is 0.249 e. The molecule has 0 aromatic rings. The number of allylic oxidation sites excluding steroid dienone is 10. The molecule has 0 aliphatic carbocycles. The Morgan fingerprint density at radius 2 is 1.05 bits per heavy atom. The molecular weight excluding hydrogens is 763 g/mol. The number of aliphatic hydroxyl groups is 7. The highest BCUT2D eigenvalue weighted by Crippen LogP contribution is 2.23. The van der Waals surface area contributed by atoms with E-state index >= 15 is 0 Å². The molecule has 1 heterocycles. The molecule has 0 spiro atoms. The maximum atomic E-state index is 13.1. The number of amides is 1. The number of rotatable bonds is 38. The van der Waals surface area contributed by atoms with Crippen LogP contribution in [0.15, 0.2) is 60.8 Å². The molecule has 11 heteroatoms. The lowest BCUT2D eigenvalue weighted by Crippen LogP contribution is -2.60. The summed E-state index contributed by atoms with van der Waals surface area (Å²) in [5.74, 6) is -0.728. The monoisotopic (exact) mass is 850 g/mol.